The van der Waals surface area contributed by atoms with E-state index < -0.39 is 11.8 Å². The minimum absolute atomic E-state index is 0.289. The van der Waals surface area contributed by atoms with E-state index in [0.29, 0.717) is 30.3 Å². The Morgan fingerprint density at radius 1 is 1.03 bits per heavy atom. The van der Waals surface area contributed by atoms with Crippen molar-refractivity contribution >= 4 is 18.0 Å². The third-order valence-electron chi connectivity index (χ3n) is 3.96. The average Bonchev–Trinajstić information content (AvgIpc) is 2.73. The number of nitrogens with zero attached hydrogens (tertiary/aromatic N) is 1. The van der Waals surface area contributed by atoms with Crippen LogP contribution >= 0.6 is 0 Å². The van der Waals surface area contributed by atoms with Gasteiger partial charge in [0.2, 0.25) is 0 Å². The van der Waals surface area contributed by atoms with Crippen LogP contribution in [0.25, 0.3) is 0 Å². The third-order valence-corrected chi connectivity index (χ3v) is 3.96. The molecule has 2 rings (SSSR count). The van der Waals surface area contributed by atoms with Crippen molar-refractivity contribution in [3.63, 3.8) is 0 Å². The third kappa shape index (κ3) is 6.95. The van der Waals surface area contributed by atoms with Gasteiger partial charge in [-0.25, -0.2) is 5.43 Å². The van der Waals surface area contributed by atoms with Crippen molar-refractivity contribution in [1.29, 1.82) is 0 Å². The lowest BCUT2D eigenvalue weighted by molar-refractivity contribution is -0.139. The van der Waals surface area contributed by atoms with Gasteiger partial charge in [0, 0.05) is 0 Å². The van der Waals surface area contributed by atoms with Gasteiger partial charge in [-0.2, -0.15) is 5.10 Å². The highest BCUT2D eigenvalue weighted by molar-refractivity contribution is 6.35. The van der Waals surface area contributed by atoms with Gasteiger partial charge in [0.15, 0.2) is 11.5 Å². The summed E-state index contributed by atoms with van der Waals surface area (Å²) in [6.45, 7) is 6.82. The average molecular weight is 397 g/mol. The lowest BCUT2D eigenvalue weighted by Gasteiger charge is -2.13. The van der Waals surface area contributed by atoms with Crippen LogP contribution in [-0.2, 0) is 9.59 Å². The van der Waals surface area contributed by atoms with Crippen molar-refractivity contribution in [3.05, 3.63) is 59.7 Å². The molecule has 1 unspecified atom stereocenters. The van der Waals surface area contributed by atoms with Gasteiger partial charge in [-0.15, -0.1) is 0 Å². The van der Waals surface area contributed by atoms with Crippen molar-refractivity contribution < 1.29 is 19.1 Å². The van der Waals surface area contributed by atoms with Crippen LogP contribution in [0, 0.1) is 0 Å². The molecule has 2 N–H and O–H groups in total. The van der Waals surface area contributed by atoms with E-state index in [2.05, 4.69) is 15.8 Å². The first-order chi connectivity index (χ1) is 14.0. The van der Waals surface area contributed by atoms with E-state index in [1.807, 2.05) is 44.2 Å². The Hall–Kier alpha value is -3.35. The highest BCUT2D eigenvalue weighted by Crippen LogP contribution is 2.28. The summed E-state index contributed by atoms with van der Waals surface area (Å²) in [6, 6.07) is 14.5. The maximum atomic E-state index is 12.0. The molecule has 0 aromatic heterocycles. The van der Waals surface area contributed by atoms with Gasteiger partial charge in [0.25, 0.3) is 0 Å². The van der Waals surface area contributed by atoms with Gasteiger partial charge in [-0.05, 0) is 49.6 Å². The number of hydrogen-bond acceptors (Lipinski definition) is 5. The zero-order chi connectivity index (χ0) is 21.1. The van der Waals surface area contributed by atoms with Crippen molar-refractivity contribution in [1.82, 2.24) is 10.7 Å². The molecular weight excluding hydrogens is 370 g/mol. The number of hydrogen-bond donors (Lipinski definition) is 2. The summed E-state index contributed by atoms with van der Waals surface area (Å²) in [5.41, 5.74) is 3.85. The largest absolute Gasteiger partial charge is 0.490 e. The second kappa shape index (κ2) is 11.5. The lowest BCUT2D eigenvalue weighted by Crippen LogP contribution is -2.39. The lowest BCUT2D eigenvalue weighted by atomic mass is 10.1. The Labute approximate surface area is 171 Å². The Balaban J connectivity index is 1.93. The fraction of sp³-hybridized carbons (Fsp3) is 0.318. The number of carbonyl (C=O) groups excluding carboxylic acids is 2. The summed E-state index contributed by atoms with van der Waals surface area (Å²) in [6.07, 6.45) is 2.34. The van der Waals surface area contributed by atoms with E-state index in [0.717, 1.165) is 12.0 Å². The molecule has 7 nitrogen and oxygen atoms in total. The van der Waals surface area contributed by atoms with E-state index in [4.69, 9.17) is 9.47 Å². The molecule has 0 saturated heterocycles. The highest BCUT2D eigenvalue weighted by Gasteiger charge is 2.16. The van der Waals surface area contributed by atoms with Crippen molar-refractivity contribution in [3.8, 4) is 11.5 Å². The normalized spacial score (nSPS) is 11.7. The summed E-state index contributed by atoms with van der Waals surface area (Å²) >= 11 is 0. The minimum atomic E-state index is -0.836. The molecule has 0 radical (unpaired) electrons. The standard InChI is InChI=1S/C22H27N3O4/c1-4-13-29-19-12-11-17(14-20(19)28-5-2)15-23-25-22(27)21(26)24-16(3)18-9-7-6-8-10-18/h6-12,14-16H,4-5,13H2,1-3H3,(H,24,26)(H,25,27). The molecule has 0 heterocycles. The predicted octanol–water partition coefficient (Wildman–Crippen LogP) is 3.20. The second-order valence-corrected chi connectivity index (χ2v) is 6.29. The number of amides is 2. The van der Waals surface area contributed by atoms with E-state index >= 15 is 0 Å². The molecule has 0 aliphatic carbocycles. The van der Waals surface area contributed by atoms with Crippen LogP contribution in [-0.4, -0.2) is 31.2 Å². The van der Waals surface area contributed by atoms with Gasteiger partial charge in [-0.3, -0.25) is 9.59 Å². The van der Waals surface area contributed by atoms with Gasteiger partial charge in [0.05, 0.1) is 25.5 Å². The van der Waals surface area contributed by atoms with Gasteiger partial charge >= 0.3 is 11.8 Å². The fourth-order valence-electron chi connectivity index (χ4n) is 2.51. The van der Waals surface area contributed by atoms with E-state index in [-0.39, 0.29) is 6.04 Å². The second-order valence-electron chi connectivity index (χ2n) is 6.29. The van der Waals surface area contributed by atoms with Crippen LogP contribution in [0.2, 0.25) is 0 Å². The monoisotopic (exact) mass is 397 g/mol. The first-order valence-electron chi connectivity index (χ1n) is 9.63. The van der Waals surface area contributed by atoms with Gasteiger partial charge in [0.1, 0.15) is 0 Å². The maximum Gasteiger partial charge on any atom is 0.329 e. The van der Waals surface area contributed by atoms with Crippen LogP contribution in [0.4, 0.5) is 0 Å². The SMILES string of the molecule is CCCOc1ccc(C=NNC(=O)C(=O)NC(C)c2ccccc2)cc1OCC. The Morgan fingerprint density at radius 3 is 2.48 bits per heavy atom. The van der Waals surface area contributed by atoms with Crippen LogP contribution in [0.15, 0.2) is 53.6 Å². The number of hydrazone groups is 1. The predicted molar refractivity (Wildman–Crippen MR) is 112 cm³/mol. The Morgan fingerprint density at radius 2 is 1.79 bits per heavy atom. The first-order valence-corrected chi connectivity index (χ1v) is 9.63. The van der Waals surface area contributed by atoms with E-state index in [9.17, 15) is 9.59 Å². The van der Waals surface area contributed by atoms with Crippen LogP contribution in [0.5, 0.6) is 11.5 Å². The molecule has 0 spiro atoms. The highest BCUT2D eigenvalue weighted by atomic mass is 16.5. The molecule has 0 fully saturated rings. The van der Waals surface area contributed by atoms with Crippen molar-refractivity contribution in [2.75, 3.05) is 13.2 Å². The number of ether oxygens (including phenoxy) is 2. The van der Waals surface area contributed by atoms with E-state index in [1.165, 1.54) is 6.21 Å². The van der Waals surface area contributed by atoms with Crippen molar-refractivity contribution in [2.45, 2.75) is 33.2 Å². The van der Waals surface area contributed by atoms with Crippen LogP contribution in [0.1, 0.15) is 44.4 Å². The molecule has 1 atom stereocenters. The summed E-state index contributed by atoms with van der Waals surface area (Å²) < 4.78 is 11.2. The summed E-state index contributed by atoms with van der Waals surface area (Å²) in [5, 5.41) is 6.49. The van der Waals surface area contributed by atoms with Gasteiger partial charge < -0.3 is 14.8 Å². The molecule has 29 heavy (non-hydrogen) atoms. The smallest absolute Gasteiger partial charge is 0.329 e. The zero-order valence-electron chi connectivity index (χ0n) is 17.0. The summed E-state index contributed by atoms with van der Waals surface area (Å²) in [5.74, 6) is -0.330. The molecular formula is C22H27N3O4. The molecule has 2 amide bonds. The molecule has 154 valence electrons. The quantitative estimate of drug-likeness (QED) is 0.386. The molecule has 0 aliphatic heterocycles. The first kappa shape index (κ1) is 21.9. The maximum absolute atomic E-state index is 12.0. The zero-order valence-corrected chi connectivity index (χ0v) is 17.0. The molecule has 2 aromatic carbocycles. The Kier molecular flexibility index (Phi) is 8.69. The van der Waals surface area contributed by atoms with Crippen LogP contribution < -0.4 is 20.2 Å². The molecule has 0 saturated carbocycles. The topological polar surface area (TPSA) is 89.0 Å². The van der Waals surface area contributed by atoms with E-state index in [1.54, 1.807) is 25.1 Å². The molecule has 2 aromatic rings. The number of benzene rings is 2. The number of nitrogens with one attached hydrogen (secondary N) is 2. The molecule has 7 heteroatoms. The van der Waals surface area contributed by atoms with Crippen LogP contribution in [0.3, 0.4) is 0 Å². The number of carbonyl (C=O) groups is 2. The molecule has 0 bridgehead atoms. The Bertz CT molecular complexity index is 837. The summed E-state index contributed by atoms with van der Waals surface area (Å²) in [7, 11) is 0. The molecule has 0 aliphatic rings. The van der Waals surface area contributed by atoms with Crippen molar-refractivity contribution in [2.24, 2.45) is 5.10 Å². The summed E-state index contributed by atoms with van der Waals surface area (Å²) in [4.78, 5) is 24.0. The minimum Gasteiger partial charge on any atom is -0.490 e. The van der Waals surface area contributed by atoms with Gasteiger partial charge in [-0.1, -0.05) is 37.3 Å². The number of rotatable bonds is 9. The fourth-order valence-corrected chi connectivity index (χ4v) is 2.51.